The third kappa shape index (κ3) is 6.17. The average Bonchev–Trinajstić information content (AvgIpc) is 3.42. The molecule has 1 aliphatic rings. The molecule has 0 spiro atoms. The van der Waals surface area contributed by atoms with Gasteiger partial charge < -0.3 is 14.6 Å². The van der Waals surface area contributed by atoms with Crippen molar-refractivity contribution in [3.63, 3.8) is 0 Å². The van der Waals surface area contributed by atoms with Crippen LogP contribution < -0.4 is 5.32 Å². The number of para-hydroxylation sites is 1. The highest BCUT2D eigenvalue weighted by Crippen LogP contribution is 2.34. The van der Waals surface area contributed by atoms with Crippen molar-refractivity contribution >= 4 is 80.7 Å². The Hall–Kier alpha value is -4.05. The van der Waals surface area contributed by atoms with Crippen molar-refractivity contribution in [2.45, 2.75) is 13.5 Å². The van der Waals surface area contributed by atoms with Crippen LogP contribution in [0, 0.1) is 0 Å². The largest absolute Gasteiger partial charge is 0.462 e. The highest BCUT2D eigenvalue weighted by Gasteiger charge is 2.36. The van der Waals surface area contributed by atoms with Crippen molar-refractivity contribution in [1.29, 1.82) is 0 Å². The van der Waals surface area contributed by atoms with Crippen molar-refractivity contribution in [2.24, 2.45) is 0 Å². The zero-order valence-electron chi connectivity index (χ0n) is 21.7. The summed E-state index contributed by atoms with van der Waals surface area (Å²) in [6.07, 6.45) is 3.58. The number of nitrogens with one attached hydrogen (secondary N) is 1. The Balaban J connectivity index is 1.34. The molecule has 0 bridgehead atoms. The van der Waals surface area contributed by atoms with E-state index in [2.05, 4.69) is 5.32 Å². The summed E-state index contributed by atoms with van der Waals surface area (Å²) < 4.78 is 7.02. The first-order valence-electron chi connectivity index (χ1n) is 12.6. The standard InChI is InChI=1S/C30H23Cl2N3O5S/c1-2-40-29(38)22-14-20(11-12-24(22)32)33-27(36)17-35-28(37)26(41-30(35)39)13-19-16-34(25-10-6-4-8-21(19)25)15-18-7-3-5-9-23(18)31/h3-14,16H,2,15,17H2,1H3,(H,33,36)/b26-13+. The zero-order chi connectivity index (χ0) is 29.1. The molecule has 1 aliphatic heterocycles. The Morgan fingerprint density at radius 3 is 2.54 bits per heavy atom. The molecule has 0 unspecified atom stereocenters. The summed E-state index contributed by atoms with van der Waals surface area (Å²) in [5, 5.41) is 3.78. The van der Waals surface area contributed by atoms with Crippen LogP contribution in [0.3, 0.4) is 0 Å². The van der Waals surface area contributed by atoms with Crippen LogP contribution in [0.4, 0.5) is 10.5 Å². The lowest BCUT2D eigenvalue weighted by atomic mass is 10.1. The van der Waals surface area contributed by atoms with Gasteiger partial charge in [-0.3, -0.25) is 19.3 Å². The van der Waals surface area contributed by atoms with Crippen LogP contribution in [0.1, 0.15) is 28.4 Å². The Labute approximate surface area is 249 Å². The van der Waals surface area contributed by atoms with Gasteiger partial charge in [0.25, 0.3) is 11.1 Å². The van der Waals surface area contributed by atoms with E-state index >= 15 is 0 Å². The lowest BCUT2D eigenvalue weighted by Crippen LogP contribution is -2.36. The van der Waals surface area contributed by atoms with Gasteiger partial charge in [-0.05, 0) is 60.7 Å². The number of halogens is 2. The van der Waals surface area contributed by atoms with E-state index < -0.39 is 29.6 Å². The Morgan fingerprint density at radius 2 is 1.76 bits per heavy atom. The number of aromatic nitrogens is 1. The molecule has 8 nitrogen and oxygen atoms in total. The van der Waals surface area contributed by atoms with E-state index in [1.165, 1.54) is 18.2 Å². The second kappa shape index (κ2) is 12.2. The molecule has 1 saturated heterocycles. The van der Waals surface area contributed by atoms with Crippen LogP contribution in [0.15, 0.2) is 77.8 Å². The van der Waals surface area contributed by atoms with Crippen LogP contribution >= 0.6 is 35.0 Å². The second-order valence-corrected chi connectivity index (χ2v) is 10.9. The van der Waals surface area contributed by atoms with Gasteiger partial charge in [0.15, 0.2) is 0 Å². The van der Waals surface area contributed by atoms with Gasteiger partial charge in [0.2, 0.25) is 5.91 Å². The summed E-state index contributed by atoms with van der Waals surface area (Å²) in [7, 11) is 0. The van der Waals surface area contributed by atoms with Crippen molar-refractivity contribution in [3.8, 4) is 0 Å². The number of carbonyl (C=O) groups is 4. The maximum absolute atomic E-state index is 13.2. The predicted molar refractivity (Wildman–Crippen MR) is 161 cm³/mol. The molecule has 3 aromatic carbocycles. The summed E-state index contributed by atoms with van der Waals surface area (Å²) in [6, 6.07) is 19.7. The number of hydrogen-bond acceptors (Lipinski definition) is 6. The van der Waals surface area contributed by atoms with Gasteiger partial charge >= 0.3 is 5.97 Å². The van der Waals surface area contributed by atoms with Crippen LogP contribution in [-0.4, -0.2) is 45.6 Å². The van der Waals surface area contributed by atoms with E-state index in [1.807, 2.05) is 59.3 Å². The molecule has 1 fully saturated rings. The van der Waals surface area contributed by atoms with E-state index in [9.17, 15) is 19.2 Å². The molecule has 3 amide bonds. The van der Waals surface area contributed by atoms with E-state index in [4.69, 9.17) is 27.9 Å². The van der Waals surface area contributed by atoms with Gasteiger partial charge in [-0.2, -0.15) is 0 Å². The maximum atomic E-state index is 13.2. The molecule has 4 aromatic rings. The lowest BCUT2D eigenvalue weighted by Gasteiger charge is -2.13. The Bertz CT molecular complexity index is 1730. The summed E-state index contributed by atoms with van der Waals surface area (Å²) in [5.41, 5.74) is 3.02. The SMILES string of the molecule is CCOC(=O)c1cc(NC(=O)CN2C(=O)S/C(=C/c3cn(Cc4ccccc4Cl)c4ccccc34)C2=O)ccc1Cl. The van der Waals surface area contributed by atoms with Gasteiger partial charge in [0, 0.05) is 39.9 Å². The van der Waals surface area contributed by atoms with Gasteiger partial charge in [0.1, 0.15) is 6.54 Å². The van der Waals surface area contributed by atoms with Gasteiger partial charge in [-0.15, -0.1) is 0 Å². The predicted octanol–water partition coefficient (Wildman–Crippen LogP) is 6.85. The number of fused-ring (bicyclic) bond motifs is 1. The fraction of sp³-hybridized carbons (Fsp3) is 0.133. The Kier molecular flexibility index (Phi) is 8.49. The molecule has 11 heteroatoms. The minimum absolute atomic E-state index is 0.0918. The first-order valence-corrected chi connectivity index (χ1v) is 14.2. The number of anilines is 1. The Morgan fingerprint density at radius 1 is 1.00 bits per heavy atom. The number of carbonyl (C=O) groups excluding carboxylic acids is 4. The van der Waals surface area contributed by atoms with E-state index in [0.29, 0.717) is 11.6 Å². The van der Waals surface area contributed by atoms with Crippen LogP contribution in [0.5, 0.6) is 0 Å². The topological polar surface area (TPSA) is 97.7 Å². The van der Waals surface area contributed by atoms with Crippen molar-refractivity contribution < 1.29 is 23.9 Å². The molecule has 2 heterocycles. The van der Waals surface area contributed by atoms with Gasteiger partial charge in [0.05, 0.1) is 22.1 Å². The monoisotopic (exact) mass is 607 g/mol. The molecule has 5 rings (SSSR count). The fourth-order valence-electron chi connectivity index (χ4n) is 4.42. The number of imide groups is 1. The van der Waals surface area contributed by atoms with E-state index in [-0.39, 0.29) is 27.8 Å². The minimum Gasteiger partial charge on any atom is -0.462 e. The summed E-state index contributed by atoms with van der Waals surface area (Å²) in [4.78, 5) is 51.9. The fourth-order valence-corrected chi connectivity index (χ4v) is 5.64. The highest BCUT2D eigenvalue weighted by molar-refractivity contribution is 8.18. The minimum atomic E-state index is -0.627. The number of rotatable bonds is 8. The number of nitrogens with zero attached hydrogens (tertiary/aromatic N) is 2. The number of hydrogen-bond donors (Lipinski definition) is 1. The van der Waals surface area contributed by atoms with Crippen molar-refractivity contribution in [1.82, 2.24) is 9.47 Å². The molecule has 208 valence electrons. The summed E-state index contributed by atoms with van der Waals surface area (Å²) >= 11 is 13.2. The van der Waals surface area contributed by atoms with Crippen molar-refractivity contribution in [2.75, 3.05) is 18.5 Å². The van der Waals surface area contributed by atoms with E-state index in [0.717, 1.165) is 38.7 Å². The highest BCUT2D eigenvalue weighted by atomic mass is 35.5. The number of amides is 3. The van der Waals surface area contributed by atoms with Gasteiger partial charge in [-0.25, -0.2) is 4.79 Å². The molecule has 0 radical (unpaired) electrons. The summed E-state index contributed by atoms with van der Waals surface area (Å²) in [6.45, 7) is 1.87. The molecule has 0 aliphatic carbocycles. The number of esters is 1. The average molecular weight is 609 g/mol. The lowest BCUT2D eigenvalue weighted by molar-refractivity contribution is -0.127. The third-order valence-corrected chi connectivity index (χ3v) is 7.93. The molecule has 0 atom stereocenters. The summed E-state index contributed by atoms with van der Waals surface area (Å²) in [5.74, 6) is -1.80. The maximum Gasteiger partial charge on any atom is 0.339 e. The van der Waals surface area contributed by atoms with Gasteiger partial charge in [-0.1, -0.05) is 59.6 Å². The zero-order valence-corrected chi connectivity index (χ0v) is 24.1. The number of ether oxygens (including phenoxy) is 1. The first kappa shape index (κ1) is 28.5. The molecule has 0 saturated carbocycles. The third-order valence-electron chi connectivity index (χ3n) is 6.33. The number of thioether (sulfide) groups is 1. The van der Waals surface area contributed by atoms with Crippen LogP contribution in [-0.2, 0) is 20.9 Å². The quantitative estimate of drug-likeness (QED) is 0.174. The van der Waals surface area contributed by atoms with Crippen LogP contribution in [0.25, 0.3) is 17.0 Å². The van der Waals surface area contributed by atoms with E-state index in [1.54, 1.807) is 13.0 Å². The first-order chi connectivity index (χ1) is 19.7. The smallest absolute Gasteiger partial charge is 0.339 e. The normalized spacial score (nSPS) is 14.2. The molecule has 1 aromatic heterocycles. The molecule has 41 heavy (non-hydrogen) atoms. The molecule has 1 N–H and O–H groups in total. The van der Waals surface area contributed by atoms with Crippen molar-refractivity contribution in [3.05, 3.63) is 105 Å². The second-order valence-electron chi connectivity index (χ2n) is 9.05. The number of benzene rings is 3. The molecular formula is C30H23Cl2N3O5S. The molecular weight excluding hydrogens is 585 g/mol. The van der Waals surface area contributed by atoms with Crippen LogP contribution in [0.2, 0.25) is 10.0 Å².